The molecule has 0 aliphatic carbocycles. The van der Waals surface area contributed by atoms with Gasteiger partial charge in [0.25, 0.3) is 5.69 Å². The van der Waals surface area contributed by atoms with E-state index in [4.69, 9.17) is 17.0 Å². The third-order valence-electron chi connectivity index (χ3n) is 2.77. The maximum Gasteiger partial charge on any atom is 0.269 e. The van der Waals surface area contributed by atoms with Crippen molar-refractivity contribution in [1.82, 2.24) is 0 Å². The first-order valence-corrected chi connectivity index (χ1v) is 7.05. The normalized spacial score (nSPS) is 9.86. The summed E-state index contributed by atoms with van der Waals surface area (Å²) in [7, 11) is 0. The van der Waals surface area contributed by atoms with Gasteiger partial charge in [-0.3, -0.25) is 10.1 Å². The first-order chi connectivity index (χ1) is 10.6. The van der Waals surface area contributed by atoms with Gasteiger partial charge in [-0.15, -0.1) is 0 Å². The Morgan fingerprint density at radius 2 is 1.86 bits per heavy atom. The summed E-state index contributed by atoms with van der Waals surface area (Å²) < 4.78 is 5.51. The molecule has 0 saturated carbocycles. The van der Waals surface area contributed by atoms with Crippen LogP contribution in [-0.2, 0) is 0 Å². The fourth-order valence-electron chi connectivity index (χ4n) is 1.80. The molecule has 0 fully saturated rings. The highest BCUT2D eigenvalue weighted by atomic mass is 32.1. The number of anilines is 2. The second-order valence-electron chi connectivity index (χ2n) is 4.31. The van der Waals surface area contributed by atoms with Gasteiger partial charge in [-0.25, -0.2) is 0 Å². The average Bonchev–Trinajstić information content (AvgIpc) is 2.50. The molecule has 0 aliphatic rings. The summed E-state index contributed by atoms with van der Waals surface area (Å²) in [6.07, 6.45) is 0. The van der Waals surface area contributed by atoms with Gasteiger partial charge in [-0.1, -0.05) is 12.1 Å². The molecule has 0 spiro atoms. The van der Waals surface area contributed by atoms with Crippen LogP contribution < -0.4 is 15.4 Å². The molecule has 22 heavy (non-hydrogen) atoms. The molecule has 0 aliphatic heterocycles. The number of nitro benzene ring substituents is 1. The first kappa shape index (κ1) is 15.7. The molecule has 2 aromatic carbocycles. The van der Waals surface area contributed by atoms with Gasteiger partial charge in [0, 0.05) is 17.8 Å². The maximum atomic E-state index is 10.6. The van der Waals surface area contributed by atoms with E-state index < -0.39 is 4.92 Å². The lowest BCUT2D eigenvalue weighted by Gasteiger charge is -2.14. The number of non-ortho nitro benzene ring substituents is 1. The Balaban J connectivity index is 2.02. The highest BCUT2D eigenvalue weighted by Gasteiger charge is 2.07. The van der Waals surface area contributed by atoms with Crippen molar-refractivity contribution in [2.45, 2.75) is 6.92 Å². The number of nitrogens with zero attached hydrogens (tertiary/aromatic N) is 1. The molecule has 0 heterocycles. The standard InChI is InChI=1S/C15H15N3O3S/c1-2-21-14-6-4-3-5-13(14)17-15(22)16-11-7-9-12(10-8-11)18(19)20/h3-10H,2H2,1H3,(H2,16,17,22). The Labute approximate surface area is 133 Å². The minimum atomic E-state index is -0.446. The molecule has 6 nitrogen and oxygen atoms in total. The van der Waals surface area contributed by atoms with Gasteiger partial charge in [0.2, 0.25) is 0 Å². The smallest absolute Gasteiger partial charge is 0.269 e. The third kappa shape index (κ3) is 4.16. The number of thiocarbonyl (C=S) groups is 1. The van der Waals surface area contributed by atoms with E-state index in [1.165, 1.54) is 12.1 Å². The number of nitro groups is 1. The zero-order valence-electron chi connectivity index (χ0n) is 11.9. The van der Waals surface area contributed by atoms with Crippen molar-refractivity contribution >= 4 is 34.4 Å². The van der Waals surface area contributed by atoms with Crippen molar-refractivity contribution < 1.29 is 9.66 Å². The summed E-state index contributed by atoms with van der Waals surface area (Å²) in [5, 5.41) is 17.0. The molecule has 0 bridgehead atoms. The van der Waals surface area contributed by atoms with Crippen molar-refractivity contribution in [2.24, 2.45) is 0 Å². The second kappa shape index (κ2) is 7.37. The fourth-order valence-corrected chi connectivity index (χ4v) is 2.03. The highest BCUT2D eigenvalue weighted by molar-refractivity contribution is 7.80. The van der Waals surface area contributed by atoms with Crippen molar-refractivity contribution in [2.75, 3.05) is 17.2 Å². The minimum absolute atomic E-state index is 0.0334. The summed E-state index contributed by atoms with van der Waals surface area (Å²) in [4.78, 5) is 10.2. The minimum Gasteiger partial charge on any atom is -0.492 e. The van der Waals surface area contributed by atoms with Gasteiger partial charge in [0.1, 0.15) is 5.75 Å². The van der Waals surface area contributed by atoms with Crippen LogP contribution >= 0.6 is 12.2 Å². The molecule has 2 N–H and O–H groups in total. The molecule has 0 atom stereocenters. The molecule has 0 saturated heterocycles. The average molecular weight is 317 g/mol. The molecular formula is C15H15N3O3S. The van der Waals surface area contributed by atoms with Crippen LogP contribution in [0, 0.1) is 10.1 Å². The van der Waals surface area contributed by atoms with Crippen LogP contribution in [0.15, 0.2) is 48.5 Å². The molecule has 0 radical (unpaired) electrons. The highest BCUT2D eigenvalue weighted by Crippen LogP contribution is 2.24. The molecule has 114 valence electrons. The van der Waals surface area contributed by atoms with Crippen molar-refractivity contribution in [1.29, 1.82) is 0 Å². The largest absolute Gasteiger partial charge is 0.492 e. The molecule has 0 unspecified atom stereocenters. The van der Waals surface area contributed by atoms with E-state index in [0.29, 0.717) is 23.2 Å². The quantitative estimate of drug-likeness (QED) is 0.496. The zero-order valence-corrected chi connectivity index (χ0v) is 12.7. The summed E-state index contributed by atoms with van der Waals surface area (Å²) in [5.74, 6) is 0.706. The number of nitrogens with one attached hydrogen (secondary N) is 2. The second-order valence-corrected chi connectivity index (χ2v) is 4.72. The predicted octanol–water partition coefficient (Wildman–Crippen LogP) is 3.80. The lowest BCUT2D eigenvalue weighted by Crippen LogP contribution is -2.19. The summed E-state index contributed by atoms with van der Waals surface area (Å²) >= 11 is 5.23. The zero-order chi connectivity index (χ0) is 15.9. The Hall–Kier alpha value is -2.67. The number of hydrogen-bond acceptors (Lipinski definition) is 4. The van der Waals surface area contributed by atoms with Gasteiger partial charge in [-0.05, 0) is 43.4 Å². The summed E-state index contributed by atoms with van der Waals surface area (Å²) in [6, 6.07) is 13.5. The van der Waals surface area contributed by atoms with E-state index in [-0.39, 0.29) is 5.69 Å². The Kier molecular flexibility index (Phi) is 5.26. The maximum absolute atomic E-state index is 10.6. The molecule has 2 aromatic rings. The first-order valence-electron chi connectivity index (χ1n) is 6.64. The number of para-hydroxylation sites is 2. The van der Waals surface area contributed by atoms with E-state index in [9.17, 15) is 10.1 Å². The van der Waals surface area contributed by atoms with Crippen LogP contribution in [0.25, 0.3) is 0 Å². The number of benzene rings is 2. The SMILES string of the molecule is CCOc1ccccc1NC(=S)Nc1ccc([N+](=O)[O-])cc1. The van der Waals surface area contributed by atoms with Crippen LogP contribution in [0.4, 0.5) is 17.1 Å². The molecule has 0 amide bonds. The van der Waals surface area contributed by atoms with Crippen molar-refractivity contribution in [3.8, 4) is 5.75 Å². The molecule has 0 aromatic heterocycles. The van der Waals surface area contributed by atoms with E-state index in [1.54, 1.807) is 12.1 Å². The number of rotatable bonds is 5. The van der Waals surface area contributed by atoms with Gasteiger partial charge in [0.15, 0.2) is 5.11 Å². The topological polar surface area (TPSA) is 76.4 Å². The predicted molar refractivity (Wildman–Crippen MR) is 90.6 cm³/mol. The van der Waals surface area contributed by atoms with Gasteiger partial charge < -0.3 is 15.4 Å². The summed E-state index contributed by atoms with van der Waals surface area (Å²) in [5.41, 5.74) is 1.45. The molecule has 7 heteroatoms. The lowest BCUT2D eigenvalue weighted by atomic mass is 10.3. The monoisotopic (exact) mass is 317 g/mol. The van der Waals surface area contributed by atoms with Crippen LogP contribution in [0.2, 0.25) is 0 Å². The van der Waals surface area contributed by atoms with Crippen molar-refractivity contribution in [3.05, 3.63) is 58.6 Å². The van der Waals surface area contributed by atoms with Crippen molar-refractivity contribution in [3.63, 3.8) is 0 Å². The fraction of sp³-hybridized carbons (Fsp3) is 0.133. The lowest BCUT2D eigenvalue weighted by molar-refractivity contribution is -0.384. The number of hydrogen-bond donors (Lipinski definition) is 2. The Bertz CT molecular complexity index is 674. The van der Waals surface area contributed by atoms with E-state index in [1.807, 2.05) is 31.2 Å². The number of ether oxygens (including phenoxy) is 1. The van der Waals surface area contributed by atoms with Gasteiger partial charge >= 0.3 is 0 Å². The van der Waals surface area contributed by atoms with Crippen LogP contribution in [0.1, 0.15) is 6.92 Å². The third-order valence-corrected chi connectivity index (χ3v) is 2.98. The Morgan fingerprint density at radius 3 is 2.50 bits per heavy atom. The molecular weight excluding hydrogens is 302 g/mol. The Morgan fingerprint density at radius 1 is 1.18 bits per heavy atom. The van der Waals surface area contributed by atoms with E-state index in [2.05, 4.69) is 10.6 Å². The van der Waals surface area contributed by atoms with Gasteiger partial charge in [0.05, 0.1) is 17.2 Å². The van der Waals surface area contributed by atoms with E-state index >= 15 is 0 Å². The van der Waals surface area contributed by atoms with Gasteiger partial charge in [-0.2, -0.15) is 0 Å². The van der Waals surface area contributed by atoms with Crippen LogP contribution in [0.3, 0.4) is 0 Å². The van der Waals surface area contributed by atoms with Crippen LogP contribution in [0.5, 0.6) is 5.75 Å². The van der Waals surface area contributed by atoms with E-state index in [0.717, 1.165) is 5.69 Å². The molecule has 2 rings (SSSR count). The summed E-state index contributed by atoms with van der Waals surface area (Å²) in [6.45, 7) is 2.46. The van der Waals surface area contributed by atoms with Crippen LogP contribution in [-0.4, -0.2) is 16.6 Å².